The minimum atomic E-state index is 0.483. The van der Waals surface area contributed by atoms with Gasteiger partial charge in [-0.2, -0.15) is 0 Å². The second-order valence-electron chi connectivity index (χ2n) is 4.22. The maximum Gasteiger partial charge on any atom is 0.0317 e. The van der Waals surface area contributed by atoms with Crippen LogP contribution in [0.5, 0.6) is 0 Å². The molecule has 0 fully saturated rings. The molecule has 0 spiro atoms. The summed E-state index contributed by atoms with van der Waals surface area (Å²) in [6.07, 6.45) is 3.63. The number of hydrogen-bond donors (Lipinski definition) is 1. The number of hydrogen-bond acceptors (Lipinski definition) is 2. The van der Waals surface area contributed by atoms with E-state index in [1.54, 1.807) is 0 Å². The summed E-state index contributed by atoms with van der Waals surface area (Å²) in [5, 5.41) is 5.56. The summed E-state index contributed by atoms with van der Waals surface area (Å²) in [5.41, 5.74) is 1.39. The van der Waals surface area contributed by atoms with Crippen molar-refractivity contribution in [2.45, 2.75) is 25.3 Å². The number of rotatable bonds is 6. The Hall–Kier alpha value is -1.12. The average molecular weight is 245 g/mol. The van der Waals surface area contributed by atoms with Crippen molar-refractivity contribution in [3.05, 3.63) is 58.3 Å². The van der Waals surface area contributed by atoms with E-state index in [0.29, 0.717) is 6.04 Å². The van der Waals surface area contributed by atoms with Gasteiger partial charge >= 0.3 is 0 Å². The molecule has 0 saturated carbocycles. The molecular formula is C15H19NS. The summed E-state index contributed by atoms with van der Waals surface area (Å²) in [7, 11) is 2.04. The fraction of sp³-hybridized carbons (Fsp3) is 0.333. The topological polar surface area (TPSA) is 12.0 Å². The summed E-state index contributed by atoms with van der Waals surface area (Å²) in [5.74, 6) is 0. The maximum absolute atomic E-state index is 3.40. The minimum Gasteiger partial charge on any atom is -0.313 e. The molecule has 0 amide bonds. The highest BCUT2D eigenvalue weighted by Crippen LogP contribution is 2.20. The molecule has 0 aliphatic rings. The molecule has 1 heterocycles. The minimum absolute atomic E-state index is 0.483. The number of nitrogens with one attached hydrogen (secondary N) is 1. The molecule has 0 aliphatic carbocycles. The van der Waals surface area contributed by atoms with Gasteiger partial charge in [0.15, 0.2) is 0 Å². The Kier molecular flexibility index (Phi) is 4.77. The largest absolute Gasteiger partial charge is 0.313 e. The van der Waals surface area contributed by atoms with Crippen LogP contribution in [-0.4, -0.2) is 7.05 Å². The molecule has 1 N–H and O–H groups in total. The highest BCUT2D eigenvalue weighted by atomic mass is 32.1. The molecule has 1 unspecified atom stereocenters. The summed E-state index contributed by atoms with van der Waals surface area (Å²) in [4.78, 5) is 1.49. The van der Waals surface area contributed by atoms with Crippen molar-refractivity contribution in [2.75, 3.05) is 7.05 Å². The van der Waals surface area contributed by atoms with Gasteiger partial charge in [0.25, 0.3) is 0 Å². The van der Waals surface area contributed by atoms with Crippen molar-refractivity contribution in [1.29, 1.82) is 0 Å². The zero-order valence-electron chi connectivity index (χ0n) is 10.2. The van der Waals surface area contributed by atoms with Crippen LogP contribution in [0.25, 0.3) is 0 Å². The smallest absolute Gasteiger partial charge is 0.0317 e. The van der Waals surface area contributed by atoms with Crippen LogP contribution < -0.4 is 5.32 Å². The molecule has 0 aliphatic heterocycles. The lowest BCUT2D eigenvalue weighted by atomic mass is 10.0. The molecule has 17 heavy (non-hydrogen) atoms. The van der Waals surface area contributed by atoms with Crippen molar-refractivity contribution >= 4 is 11.3 Å². The number of thiophene rings is 1. The SMILES string of the molecule is CNC(CCCc1cccs1)c1ccccc1. The van der Waals surface area contributed by atoms with Crippen molar-refractivity contribution in [2.24, 2.45) is 0 Å². The Morgan fingerprint density at radius 1 is 1.12 bits per heavy atom. The van der Waals surface area contributed by atoms with E-state index < -0.39 is 0 Å². The molecule has 1 aromatic carbocycles. The highest BCUT2D eigenvalue weighted by molar-refractivity contribution is 7.09. The molecule has 0 radical (unpaired) electrons. The second-order valence-corrected chi connectivity index (χ2v) is 5.26. The predicted octanol–water partition coefficient (Wildman–Crippen LogP) is 4.03. The van der Waals surface area contributed by atoms with Gasteiger partial charge in [-0.05, 0) is 43.3 Å². The van der Waals surface area contributed by atoms with Crippen LogP contribution in [0.2, 0.25) is 0 Å². The summed E-state index contributed by atoms with van der Waals surface area (Å²) in [6, 6.07) is 15.5. The van der Waals surface area contributed by atoms with E-state index in [-0.39, 0.29) is 0 Å². The molecule has 2 heteroatoms. The van der Waals surface area contributed by atoms with Gasteiger partial charge in [-0.3, -0.25) is 0 Å². The Morgan fingerprint density at radius 3 is 2.59 bits per heavy atom. The monoisotopic (exact) mass is 245 g/mol. The van der Waals surface area contributed by atoms with Crippen molar-refractivity contribution in [3.8, 4) is 0 Å². The lowest BCUT2D eigenvalue weighted by molar-refractivity contribution is 0.528. The van der Waals surface area contributed by atoms with Crippen LogP contribution in [0.1, 0.15) is 29.3 Å². The van der Waals surface area contributed by atoms with Gasteiger partial charge in [-0.1, -0.05) is 36.4 Å². The Bertz CT molecular complexity index is 408. The van der Waals surface area contributed by atoms with Gasteiger partial charge in [-0.25, -0.2) is 0 Å². The molecule has 90 valence electrons. The third-order valence-electron chi connectivity index (χ3n) is 3.05. The predicted molar refractivity (Wildman–Crippen MR) is 75.5 cm³/mol. The van der Waals surface area contributed by atoms with Crippen LogP contribution in [0.4, 0.5) is 0 Å². The van der Waals surface area contributed by atoms with Gasteiger partial charge in [0, 0.05) is 10.9 Å². The second kappa shape index (κ2) is 6.58. The summed E-state index contributed by atoms with van der Waals surface area (Å²) >= 11 is 1.86. The van der Waals surface area contributed by atoms with Crippen molar-refractivity contribution in [3.63, 3.8) is 0 Å². The molecule has 2 rings (SSSR count). The van der Waals surface area contributed by atoms with Crippen LogP contribution in [0.3, 0.4) is 0 Å². The van der Waals surface area contributed by atoms with Gasteiger partial charge in [-0.15, -0.1) is 11.3 Å². The van der Waals surface area contributed by atoms with E-state index in [1.807, 2.05) is 18.4 Å². The molecule has 0 bridgehead atoms. The van der Waals surface area contributed by atoms with Crippen LogP contribution in [0.15, 0.2) is 47.8 Å². The van der Waals surface area contributed by atoms with Gasteiger partial charge < -0.3 is 5.32 Å². The molecule has 0 saturated heterocycles. The zero-order chi connectivity index (χ0) is 11.9. The van der Waals surface area contributed by atoms with E-state index in [4.69, 9.17) is 0 Å². The van der Waals surface area contributed by atoms with E-state index in [9.17, 15) is 0 Å². The summed E-state index contributed by atoms with van der Waals surface area (Å²) in [6.45, 7) is 0. The molecular weight excluding hydrogens is 226 g/mol. The molecule has 1 atom stereocenters. The first-order valence-corrected chi connectivity index (χ1v) is 7.02. The lowest BCUT2D eigenvalue weighted by Crippen LogP contribution is -2.16. The van der Waals surface area contributed by atoms with Gasteiger partial charge in [0.05, 0.1) is 0 Å². The Labute approximate surface area is 108 Å². The fourth-order valence-corrected chi connectivity index (χ4v) is 2.85. The maximum atomic E-state index is 3.40. The van der Waals surface area contributed by atoms with E-state index >= 15 is 0 Å². The first-order valence-electron chi connectivity index (χ1n) is 6.15. The van der Waals surface area contributed by atoms with E-state index in [0.717, 1.165) is 0 Å². The molecule has 1 aromatic heterocycles. The lowest BCUT2D eigenvalue weighted by Gasteiger charge is -2.16. The van der Waals surface area contributed by atoms with E-state index in [2.05, 4.69) is 53.2 Å². The highest BCUT2D eigenvalue weighted by Gasteiger charge is 2.07. The standard InChI is InChI=1S/C15H19NS/c1-16-15(13-7-3-2-4-8-13)11-5-9-14-10-6-12-17-14/h2-4,6-8,10,12,15-16H,5,9,11H2,1H3. The third kappa shape index (κ3) is 3.69. The van der Waals surface area contributed by atoms with Gasteiger partial charge in [0.1, 0.15) is 0 Å². The van der Waals surface area contributed by atoms with Crippen molar-refractivity contribution in [1.82, 2.24) is 5.32 Å². The summed E-state index contributed by atoms with van der Waals surface area (Å²) < 4.78 is 0. The normalized spacial score (nSPS) is 12.5. The van der Waals surface area contributed by atoms with Crippen LogP contribution >= 0.6 is 11.3 Å². The van der Waals surface area contributed by atoms with Crippen LogP contribution in [0, 0.1) is 0 Å². The average Bonchev–Trinajstić information content (AvgIpc) is 2.89. The van der Waals surface area contributed by atoms with Crippen molar-refractivity contribution < 1.29 is 0 Å². The quantitative estimate of drug-likeness (QED) is 0.810. The third-order valence-corrected chi connectivity index (χ3v) is 3.98. The Morgan fingerprint density at radius 2 is 1.94 bits per heavy atom. The number of aryl methyl sites for hydroxylation is 1. The Balaban J connectivity index is 1.84. The fourth-order valence-electron chi connectivity index (χ4n) is 2.10. The van der Waals surface area contributed by atoms with Crippen LogP contribution in [-0.2, 0) is 6.42 Å². The first kappa shape index (κ1) is 12.3. The van der Waals surface area contributed by atoms with Gasteiger partial charge in [0.2, 0.25) is 0 Å². The molecule has 2 aromatic rings. The van der Waals surface area contributed by atoms with E-state index in [1.165, 1.54) is 29.7 Å². The number of benzene rings is 1. The molecule has 1 nitrogen and oxygen atoms in total. The zero-order valence-corrected chi connectivity index (χ0v) is 11.0. The first-order chi connectivity index (χ1) is 8.40.